The molecule has 2 aliphatic heterocycles. The minimum atomic E-state index is -0.218. The fraction of sp³-hybridized carbons (Fsp3) is 0.450. The third kappa shape index (κ3) is 4.02. The van der Waals surface area contributed by atoms with Crippen LogP contribution in [0.3, 0.4) is 0 Å². The number of aromatic nitrogens is 2. The van der Waals surface area contributed by atoms with Gasteiger partial charge in [0.05, 0.1) is 0 Å². The molecule has 1 aromatic carbocycles. The van der Waals surface area contributed by atoms with Crippen LogP contribution in [-0.2, 0) is 0 Å². The zero-order chi connectivity index (χ0) is 18.6. The molecule has 2 aliphatic rings. The normalized spacial score (nSPS) is 17.9. The van der Waals surface area contributed by atoms with Crippen molar-refractivity contribution in [3.8, 4) is 0 Å². The molecule has 0 spiro atoms. The highest BCUT2D eigenvalue weighted by molar-refractivity contribution is 5.93. The van der Waals surface area contributed by atoms with Crippen LogP contribution in [0.2, 0.25) is 0 Å². The van der Waals surface area contributed by atoms with Gasteiger partial charge >= 0.3 is 0 Å². The summed E-state index contributed by atoms with van der Waals surface area (Å²) in [5.74, 6) is 0.580. The van der Waals surface area contributed by atoms with E-state index in [4.69, 9.17) is 0 Å². The zero-order valence-electron chi connectivity index (χ0n) is 15.4. The molecule has 0 unspecified atom stereocenters. The standard InChI is InChI=1S/C20H24FN5O/c21-16-4-6-17(7-5-16)24-10-12-25(13-11-24)19-14-18(22-15-23-19)20(27)26-8-2-1-3-9-26/h4-7,14-15H,1-3,8-13H2. The van der Waals surface area contributed by atoms with Gasteiger partial charge in [-0.25, -0.2) is 14.4 Å². The third-order valence-electron chi connectivity index (χ3n) is 5.31. The average molecular weight is 369 g/mol. The van der Waals surface area contributed by atoms with Crippen LogP contribution in [0, 0.1) is 5.82 Å². The van der Waals surface area contributed by atoms with E-state index in [0.717, 1.165) is 63.6 Å². The zero-order valence-corrected chi connectivity index (χ0v) is 15.4. The Balaban J connectivity index is 1.41. The van der Waals surface area contributed by atoms with Gasteiger partial charge in [0.1, 0.15) is 23.7 Å². The van der Waals surface area contributed by atoms with Crippen molar-refractivity contribution in [3.63, 3.8) is 0 Å². The number of benzene rings is 1. The predicted octanol–water partition coefficient (Wildman–Crippen LogP) is 2.57. The maximum Gasteiger partial charge on any atom is 0.272 e. The Morgan fingerprint density at radius 3 is 2.22 bits per heavy atom. The van der Waals surface area contributed by atoms with Crippen molar-refractivity contribution in [3.05, 3.63) is 48.2 Å². The number of rotatable bonds is 3. The molecular formula is C20H24FN5O. The molecule has 0 radical (unpaired) electrons. The van der Waals surface area contributed by atoms with Crippen molar-refractivity contribution < 1.29 is 9.18 Å². The molecule has 142 valence electrons. The maximum atomic E-state index is 13.1. The van der Waals surface area contributed by atoms with E-state index in [1.165, 1.54) is 24.9 Å². The number of likely N-dealkylation sites (tertiary alicyclic amines) is 1. The van der Waals surface area contributed by atoms with Crippen LogP contribution in [0.1, 0.15) is 29.8 Å². The molecule has 1 amide bonds. The molecule has 0 bridgehead atoms. The molecule has 0 N–H and O–H groups in total. The summed E-state index contributed by atoms with van der Waals surface area (Å²) in [6.45, 7) is 4.87. The Morgan fingerprint density at radius 2 is 1.52 bits per heavy atom. The molecule has 6 nitrogen and oxygen atoms in total. The highest BCUT2D eigenvalue weighted by atomic mass is 19.1. The van der Waals surface area contributed by atoms with Gasteiger partial charge in [0, 0.05) is 51.0 Å². The van der Waals surface area contributed by atoms with Crippen LogP contribution in [-0.4, -0.2) is 60.0 Å². The Hall–Kier alpha value is -2.70. The number of piperidine rings is 1. The van der Waals surface area contributed by atoms with E-state index < -0.39 is 0 Å². The lowest BCUT2D eigenvalue weighted by molar-refractivity contribution is 0.0718. The molecule has 0 atom stereocenters. The first kappa shape index (κ1) is 17.7. The second-order valence-electron chi connectivity index (χ2n) is 7.06. The highest BCUT2D eigenvalue weighted by Gasteiger charge is 2.22. The number of carbonyl (C=O) groups excluding carboxylic acids is 1. The molecule has 4 rings (SSSR count). The molecule has 27 heavy (non-hydrogen) atoms. The van der Waals surface area contributed by atoms with Crippen molar-refractivity contribution in [1.29, 1.82) is 0 Å². The number of hydrogen-bond donors (Lipinski definition) is 0. The first-order valence-electron chi connectivity index (χ1n) is 9.57. The van der Waals surface area contributed by atoms with E-state index in [-0.39, 0.29) is 11.7 Å². The van der Waals surface area contributed by atoms with Gasteiger partial charge in [0.2, 0.25) is 0 Å². The van der Waals surface area contributed by atoms with Gasteiger partial charge in [-0.1, -0.05) is 0 Å². The summed E-state index contributed by atoms with van der Waals surface area (Å²) in [5.41, 5.74) is 1.50. The van der Waals surface area contributed by atoms with Crippen LogP contribution >= 0.6 is 0 Å². The summed E-state index contributed by atoms with van der Waals surface area (Å²) in [7, 11) is 0. The lowest BCUT2D eigenvalue weighted by Crippen LogP contribution is -2.47. The van der Waals surface area contributed by atoms with Crippen LogP contribution in [0.25, 0.3) is 0 Å². The van der Waals surface area contributed by atoms with Gasteiger partial charge in [-0.2, -0.15) is 0 Å². The van der Waals surface area contributed by atoms with E-state index >= 15 is 0 Å². The van der Waals surface area contributed by atoms with Gasteiger partial charge in [-0.15, -0.1) is 0 Å². The maximum absolute atomic E-state index is 13.1. The van der Waals surface area contributed by atoms with E-state index in [1.807, 2.05) is 23.1 Å². The highest BCUT2D eigenvalue weighted by Crippen LogP contribution is 2.20. The molecule has 3 heterocycles. The fourth-order valence-corrected chi connectivity index (χ4v) is 3.74. The largest absolute Gasteiger partial charge is 0.368 e. The van der Waals surface area contributed by atoms with E-state index in [0.29, 0.717) is 5.69 Å². The number of amides is 1. The van der Waals surface area contributed by atoms with Crippen LogP contribution in [0.15, 0.2) is 36.7 Å². The average Bonchev–Trinajstić information content (AvgIpc) is 2.75. The molecule has 0 saturated carbocycles. The van der Waals surface area contributed by atoms with Crippen molar-refractivity contribution in [2.45, 2.75) is 19.3 Å². The van der Waals surface area contributed by atoms with Crippen molar-refractivity contribution in [1.82, 2.24) is 14.9 Å². The van der Waals surface area contributed by atoms with Gasteiger partial charge < -0.3 is 14.7 Å². The molecule has 7 heteroatoms. The van der Waals surface area contributed by atoms with E-state index in [1.54, 1.807) is 0 Å². The Labute approximate surface area is 158 Å². The first-order chi connectivity index (χ1) is 13.2. The molecule has 0 aliphatic carbocycles. The first-order valence-corrected chi connectivity index (χ1v) is 9.57. The minimum Gasteiger partial charge on any atom is -0.368 e. The van der Waals surface area contributed by atoms with Crippen molar-refractivity contribution >= 4 is 17.4 Å². The second-order valence-corrected chi connectivity index (χ2v) is 7.06. The van der Waals surface area contributed by atoms with E-state index in [9.17, 15) is 9.18 Å². The van der Waals surface area contributed by atoms with Crippen LogP contribution in [0.5, 0.6) is 0 Å². The number of hydrogen-bond acceptors (Lipinski definition) is 5. The molecule has 2 saturated heterocycles. The van der Waals surface area contributed by atoms with Gasteiger partial charge in [-0.05, 0) is 43.5 Å². The number of carbonyl (C=O) groups is 1. The summed E-state index contributed by atoms with van der Waals surface area (Å²) in [6, 6.07) is 8.41. The molecular weight excluding hydrogens is 345 g/mol. The number of anilines is 2. The number of halogens is 1. The van der Waals surface area contributed by atoms with Gasteiger partial charge in [0.25, 0.3) is 5.91 Å². The van der Waals surface area contributed by atoms with Crippen LogP contribution < -0.4 is 9.80 Å². The smallest absolute Gasteiger partial charge is 0.272 e. The topological polar surface area (TPSA) is 52.6 Å². The predicted molar refractivity (Wildman–Crippen MR) is 103 cm³/mol. The van der Waals surface area contributed by atoms with E-state index in [2.05, 4.69) is 19.8 Å². The summed E-state index contributed by atoms with van der Waals surface area (Å²) >= 11 is 0. The molecule has 1 aromatic heterocycles. The summed E-state index contributed by atoms with van der Waals surface area (Å²) in [4.78, 5) is 27.6. The van der Waals surface area contributed by atoms with Crippen LogP contribution in [0.4, 0.5) is 15.9 Å². The Morgan fingerprint density at radius 1 is 0.852 bits per heavy atom. The SMILES string of the molecule is O=C(c1cc(N2CCN(c3ccc(F)cc3)CC2)ncn1)N1CCCCC1. The van der Waals surface area contributed by atoms with Gasteiger partial charge in [-0.3, -0.25) is 4.79 Å². The second kappa shape index (κ2) is 7.90. The Bertz CT molecular complexity index is 783. The monoisotopic (exact) mass is 369 g/mol. The quantitative estimate of drug-likeness (QED) is 0.832. The lowest BCUT2D eigenvalue weighted by Gasteiger charge is -2.36. The summed E-state index contributed by atoms with van der Waals surface area (Å²) in [5, 5.41) is 0. The summed E-state index contributed by atoms with van der Waals surface area (Å²) < 4.78 is 13.1. The Kier molecular flexibility index (Phi) is 5.18. The molecule has 2 fully saturated rings. The van der Waals surface area contributed by atoms with Crippen molar-refractivity contribution in [2.24, 2.45) is 0 Å². The van der Waals surface area contributed by atoms with Crippen molar-refractivity contribution in [2.75, 3.05) is 49.1 Å². The number of nitrogens with zero attached hydrogens (tertiary/aromatic N) is 5. The fourth-order valence-electron chi connectivity index (χ4n) is 3.74. The minimum absolute atomic E-state index is 0.00305. The molecule has 2 aromatic rings. The lowest BCUT2D eigenvalue weighted by atomic mass is 10.1. The van der Waals surface area contributed by atoms with Gasteiger partial charge in [0.15, 0.2) is 0 Å². The summed E-state index contributed by atoms with van der Waals surface area (Å²) in [6.07, 6.45) is 4.81. The third-order valence-corrected chi connectivity index (χ3v) is 5.31. The number of piperazine rings is 1.